The maximum atomic E-state index is 13.0. The molecule has 4 saturated carbocycles. The third kappa shape index (κ3) is 3.53. The van der Waals surface area contributed by atoms with Gasteiger partial charge in [-0.3, -0.25) is 9.20 Å². The third-order valence-corrected chi connectivity index (χ3v) is 8.25. The van der Waals surface area contributed by atoms with Crippen molar-refractivity contribution >= 4 is 17.6 Å². The molecule has 1 atom stereocenters. The first-order valence-corrected chi connectivity index (χ1v) is 12.2. The number of carbonyl (C=O) groups is 2. The van der Waals surface area contributed by atoms with E-state index in [1.807, 2.05) is 33.7 Å². The summed E-state index contributed by atoms with van der Waals surface area (Å²) in [5.74, 6) is 3.27. The number of rotatable bonds is 5. The van der Waals surface area contributed by atoms with Gasteiger partial charge in [0.25, 0.3) is 0 Å². The Hall–Kier alpha value is -2.64. The smallest absolute Gasteiger partial charge is 0.315 e. The Morgan fingerprint density at radius 2 is 1.81 bits per heavy atom. The molecular formula is C24H32N6O2. The van der Waals surface area contributed by atoms with Gasteiger partial charge in [-0.1, -0.05) is 6.07 Å². The molecule has 4 aliphatic carbocycles. The van der Waals surface area contributed by atoms with Crippen molar-refractivity contribution in [2.24, 2.45) is 17.8 Å². The van der Waals surface area contributed by atoms with Crippen molar-refractivity contribution in [2.75, 3.05) is 13.1 Å². The first-order chi connectivity index (χ1) is 15.6. The highest BCUT2D eigenvalue weighted by atomic mass is 16.2. The largest absolute Gasteiger partial charge is 0.338 e. The molecule has 0 spiro atoms. The molecule has 8 heteroatoms. The van der Waals surface area contributed by atoms with E-state index in [1.54, 1.807) is 0 Å². The monoisotopic (exact) mass is 436 g/mol. The van der Waals surface area contributed by atoms with E-state index in [4.69, 9.17) is 0 Å². The number of amides is 3. The van der Waals surface area contributed by atoms with Crippen LogP contribution in [0.5, 0.6) is 0 Å². The van der Waals surface area contributed by atoms with Crippen molar-refractivity contribution in [3.05, 3.63) is 30.2 Å². The minimum Gasteiger partial charge on any atom is -0.338 e. The lowest BCUT2D eigenvalue weighted by Gasteiger charge is -2.56. The van der Waals surface area contributed by atoms with Crippen LogP contribution in [-0.2, 0) is 4.79 Å². The Kier molecular flexibility index (Phi) is 4.84. The molecule has 170 valence electrons. The average molecular weight is 437 g/mol. The summed E-state index contributed by atoms with van der Waals surface area (Å²) in [6, 6.07) is 5.64. The van der Waals surface area contributed by atoms with Gasteiger partial charge in [-0.05, 0) is 81.3 Å². The molecule has 0 unspecified atom stereocenters. The quantitative estimate of drug-likeness (QED) is 0.754. The number of nitrogens with one attached hydrogen (secondary N) is 2. The maximum absolute atomic E-state index is 13.0. The number of pyridine rings is 1. The van der Waals surface area contributed by atoms with Crippen LogP contribution in [0.25, 0.3) is 5.65 Å². The average Bonchev–Trinajstić information content (AvgIpc) is 3.39. The Morgan fingerprint density at radius 1 is 1.06 bits per heavy atom. The fraction of sp³-hybridized carbons (Fsp3) is 0.667. The SMILES string of the molecule is O=C(NCCC(=O)N1CCC[C@H]1c1nnc2ccccn12)NC12CC3CC(CC(C3)C1)C2. The number of urea groups is 1. The molecule has 0 radical (unpaired) electrons. The van der Waals surface area contributed by atoms with Crippen molar-refractivity contribution in [1.29, 1.82) is 0 Å². The second kappa shape index (κ2) is 7.74. The molecule has 8 nitrogen and oxygen atoms in total. The zero-order valence-corrected chi connectivity index (χ0v) is 18.5. The molecule has 1 aliphatic heterocycles. The number of hydrogen-bond donors (Lipinski definition) is 2. The van der Waals surface area contributed by atoms with Gasteiger partial charge in [-0.15, -0.1) is 10.2 Å². The predicted octanol–water partition coefficient (Wildman–Crippen LogP) is 3.05. The van der Waals surface area contributed by atoms with Crippen LogP contribution in [0.1, 0.15) is 69.7 Å². The number of fused-ring (bicyclic) bond motifs is 1. The molecule has 3 heterocycles. The van der Waals surface area contributed by atoms with Crippen LogP contribution in [0, 0.1) is 17.8 Å². The molecular weight excluding hydrogens is 404 g/mol. The number of likely N-dealkylation sites (tertiary alicyclic amines) is 1. The van der Waals surface area contributed by atoms with Crippen molar-refractivity contribution < 1.29 is 9.59 Å². The van der Waals surface area contributed by atoms with Crippen LogP contribution in [0.3, 0.4) is 0 Å². The van der Waals surface area contributed by atoms with E-state index in [-0.39, 0.29) is 23.5 Å². The zero-order chi connectivity index (χ0) is 21.7. The standard InChI is InChI=1S/C24H32N6O2/c31-21(29-9-3-4-19(29)22-28-27-20-5-1-2-8-30(20)22)6-7-25-23(32)26-24-13-16-10-17(14-24)12-18(11-16)15-24/h1-2,5,8,16-19H,3-4,6-7,9-15H2,(H2,25,26,32)/t16?,17?,18?,19-,24?/m0/s1. The number of hydrogen-bond acceptors (Lipinski definition) is 4. The zero-order valence-electron chi connectivity index (χ0n) is 18.5. The highest BCUT2D eigenvalue weighted by molar-refractivity contribution is 5.79. The Morgan fingerprint density at radius 3 is 2.56 bits per heavy atom. The van der Waals surface area contributed by atoms with E-state index in [9.17, 15) is 9.59 Å². The fourth-order valence-corrected chi connectivity index (χ4v) is 7.40. The van der Waals surface area contributed by atoms with Gasteiger partial charge in [-0.2, -0.15) is 0 Å². The molecule has 5 fully saturated rings. The molecule has 1 saturated heterocycles. The summed E-state index contributed by atoms with van der Waals surface area (Å²) in [7, 11) is 0. The Bertz CT molecular complexity index is 997. The highest BCUT2D eigenvalue weighted by Gasteiger charge is 2.51. The van der Waals surface area contributed by atoms with Gasteiger partial charge in [0.2, 0.25) is 5.91 Å². The van der Waals surface area contributed by atoms with Crippen molar-refractivity contribution in [2.45, 2.75) is 69.4 Å². The van der Waals surface area contributed by atoms with Crippen LogP contribution in [0.4, 0.5) is 4.79 Å². The van der Waals surface area contributed by atoms with Crippen molar-refractivity contribution in [3.63, 3.8) is 0 Å². The van der Waals surface area contributed by atoms with Gasteiger partial charge in [0.05, 0.1) is 6.04 Å². The molecule has 7 rings (SSSR count). The van der Waals surface area contributed by atoms with Crippen molar-refractivity contribution in [1.82, 2.24) is 30.1 Å². The normalized spacial score (nSPS) is 33.1. The van der Waals surface area contributed by atoms with Gasteiger partial charge < -0.3 is 15.5 Å². The fourth-order valence-electron chi connectivity index (χ4n) is 7.40. The lowest BCUT2D eigenvalue weighted by atomic mass is 9.53. The van der Waals surface area contributed by atoms with Crippen LogP contribution < -0.4 is 10.6 Å². The lowest BCUT2D eigenvalue weighted by Crippen LogP contribution is -2.61. The van der Waals surface area contributed by atoms with E-state index >= 15 is 0 Å². The molecule has 0 aromatic carbocycles. The summed E-state index contributed by atoms with van der Waals surface area (Å²) in [5, 5.41) is 14.9. The highest BCUT2D eigenvalue weighted by Crippen LogP contribution is 2.55. The van der Waals surface area contributed by atoms with Gasteiger partial charge >= 0.3 is 6.03 Å². The van der Waals surface area contributed by atoms with Crippen LogP contribution in [0.2, 0.25) is 0 Å². The number of carbonyl (C=O) groups excluding carboxylic acids is 2. The van der Waals surface area contributed by atoms with Gasteiger partial charge in [0, 0.05) is 31.2 Å². The summed E-state index contributed by atoms with van der Waals surface area (Å²) in [6.07, 6.45) is 11.6. The Balaban J connectivity index is 1.04. The minimum atomic E-state index is -0.110. The first kappa shape index (κ1) is 20.0. The van der Waals surface area contributed by atoms with Crippen molar-refractivity contribution in [3.8, 4) is 0 Å². The van der Waals surface area contributed by atoms with Gasteiger partial charge in [-0.25, -0.2) is 4.79 Å². The minimum absolute atomic E-state index is 0.00236. The van der Waals surface area contributed by atoms with Crippen LogP contribution in [0.15, 0.2) is 24.4 Å². The lowest BCUT2D eigenvalue weighted by molar-refractivity contribution is -0.132. The maximum Gasteiger partial charge on any atom is 0.315 e. The third-order valence-electron chi connectivity index (χ3n) is 8.25. The van der Waals surface area contributed by atoms with E-state index < -0.39 is 0 Å². The second-order valence-electron chi connectivity index (χ2n) is 10.6. The summed E-state index contributed by atoms with van der Waals surface area (Å²) >= 11 is 0. The van der Waals surface area contributed by atoms with E-state index in [2.05, 4.69) is 20.8 Å². The first-order valence-electron chi connectivity index (χ1n) is 12.2. The number of nitrogens with zero attached hydrogens (tertiary/aromatic N) is 4. The van der Waals surface area contributed by atoms with E-state index in [0.717, 1.165) is 67.9 Å². The van der Waals surface area contributed by atoms with Crippen LogP contribution in [-0.4, -0.2) is 50.1 Å². The molecule has 2 aromatic rings. The number of aromatic nitrogens is 3. The molecule has 2 aromatic heterocycles. The van der Waals surface area contributed by atoms with Crippen LogP contribution >= 0.6 is 0 Å². The van der Waals surface area contributed by atoms with E-state index in [0.29, 0.717) is 13.0 Å². The van der Waals surface area contributed by atoms with E-state index in [1.165, 1.54) is 19.3 Å². The van der Waals surface area contributed by atoms with Gasteiger partial charge in [0.15, 0.2) is 11.5 Å². The second-order valence-corrected chi connectivity index (χ2v) is 10.6. The topological polar surface area (TPSA) is 91.6 Å². The molecule has 5 aliphatic rings. The molecule has 4 bridgehead atoms. The molecule has 32 heavy (non-hydrogen) atoms. The summed E-state index contributed by atoms with van der Waals surface area (Å²) < 4.78 is 1.97. The predicted molar refractivity (Wildman–Crippen MR) is 119 cm³/mol. The summed E-state index contributed by atoms with van der Waals surface area (Å²) in [4.78, 5) is 27.5. The molecule has 2 N–H and O–H groups in total. The summed E-state index contributed by atoms with van der Waals surface area (Å²) in [6.45, 7) is 1.09. The van der Waals surface area contributed by atoms with Gasteiger partial charge in [0.1, 0.15) is 0 Å². The summed E-state index contributed by atoms with van der Waals surface area (Å²) in [5.41, 5.74) is 0.794. The molecule has 3 amide bonds. The Labute approximate surface area is 188 Å².